The third-order valence-electron chi connectivity index (χ3n) is 2.49. The zero-order chi connectivity index (χ0) is 8.85. The molecule has 2 atom stereocenters. The summed E-state index contributed by atoms with van der Waals surface area (Å²) < 4.78 is 0. The van der Waals surface area contributed by atoms with E-state index in [-0.39, 0.29) is 0 Å². The van der Waals surface area contributed by atoms with E-state index in [1.807, 2.05) is 0 Å². The number of rotatable bonds is 5. The smallest absolute Gasteiger partial charge is 0.0643 e. The van der Waals surface area contributed by atoms with Gasteiger partial charge in [0, 0.05) is 12.6 Å². The van der Waals surface area contributed by atoms with Crippen molar-refractivity contribution < 1.29 is 0 Å². The molecule has 0 N–H and O–H groups in total. The molecule has 0 saturated carbocycles. The maximum Gasteiger partial charge on any atom is 0.0643 e. The quantitative estimate of drug-likeness (QED) is 0.588. The van der Waals surface area contributed by atoms with E-state index in [9.17, 15) is 0 Å². The molecule has 0 aromatic heterocycles. The van der Waals surface area contributed by atoms with Gasteiger partial charge in [-0.3, -0.25) is 0 Å². The monoisotopic (exact) mass is 173 g/mol. The van der Waals surface area contributed by atoms with Gasteiger partial charge in [-0.1, -0.05) is 32.5 Å². The highest BCUT2D eigenvalue weighted by Gasteiger charge is 2.13. The fraction of sp³-hybridized carbons (Fsp3) is 0.889. The summed E-state index contributed by atoms with van der Waals surface area (Å²) in [5.74, 6) is 0.731. The fourth-order valence-electron chi connectivity index (χ4n) is 1.13. The third kappa shape index (κ3) is 3.19. The van der Waals surface area contributed by atoms with Gasteiger partial charge >= 0.3 is 0 Å². The van der Waals surface area contributed by atoms with E-state index in [1.165, 1.54) is 6.42 Å². The topological polar surface area (TPSA) is 3.24 Å². The van der Waals surface area contributed by atoms with E-state index in [4.69, 9.17) is 12.2 Å². The molecular formula is C9H19NS. The van der Waals surface area contributed by atoms with E-state index in [2.05, 4.69) is 32.6 Å². The third-order valence-corrected chi connectivity index (χ3v) is 2.76. The molecule has 0 fully saturated rings. The van der Waals surface area contributed by atoms with E-state index < -0.39 is 0 Å². The first-order valence-corrected chi connectivity index (χ1v) is 4.85. The van der Waals surface area contributed by atoms with Gasteiger partial charge in [0.05, 0.1) is 5.49 Å². The Kier molecular flexibility index (Phi) is 5.47. The number of thiocarbonyl (C=S) groups is 1. The Morgan fingerprint density at radius 2 is 1.91 bits per heavy atom. The molecule has 0 heterocycles. The predicted octanol–water partition coefficient (Wildman–Crippen LogP) is 2.70. The van der Waals surface area contributed by atoms with Crippen LogP contribution in [-0.2, 0) is 0 Å². The van der Waals surface area contributed by atoms with E-state index in [0.717, 1.165) is 12.5 Å². The molecule has 2 unspecified atom stereocenters. The summed E-state index contributed by atoms with van der Waals surface area (Å²) in [6, 6.07) is 0.586. The van der Waals surface area contributed by atoms with Crippen LogP contribution in [0.2, 0.25) is 0 Å². The minimum Gasteiger partial charge on any atom is -0.366 e. The lowest BCUT2D eigenvalue weighted by Crippen LogP contribution is -2.35. The van der Waals surface area contributed by atoms with E-state index in [0.29, 0.717) is 6.04 Å². The summed E-state index contributed by atoms with van der Waals surface area (Å²) in [5.41, 5.74) is 1.77. The Morgan fingerprint density at radius 1 is 1.36 bits per heavy atom. The zero-order valence-electron chi connectivity index (χ0n) is 8.00. The SMILES string of the molecule is CCC(C)C(C)N(C=S)CC. The first kappa shape index (κ1) is 10.9. The van der Waals surface area contributed by atoms with Gasteiger partial charge in [0.25, 0.3) is 0 Å². The second kappa shape index (κ2) is 5.53. The lowest BCUT2D eigenvalue weighted by Gasteiger charge is -2.29. The second-order valence-corrected chi connectivity index (χ2v) is 3.27. The van der Waals surface area contributed by atoms with Gasteiger partial charge in [-0.05, 0) is 19.8 Å². The van der Waals surface area contributed by atoms with Gasteiger partial charge in [0.15, 0.2) is 0 Å². The van der Waals surface area contributed by atoms with Crippen molar-refractivity contribution in [2.24, 2.45) is 5.92 Å². The van der Waals surface area contributed by atoms with Gasteiger partial charge < -0.3 is 4.90 Å². The molecule has 0 amide bonds. The summed E-state index contributed by atoms with van der Waals surface area (Å²) in [4.78, 5) is 2.21. The van der Waals surface area contributed by atoms with Gasteiger partial charge in [-0.25, -0.2) is 0 Å². The lowest BCUT2D eigenvalue weighted by atomic mass is 10.00. The van der Waals surface area contributed by atoms with Crippen molar-refractivity contribution >= 4 is 17.7 Å². The first-order valence-electron chi connectivity index (χ1n) is 4.38. The molecule has 2 heteroatoms. The van der Waals surface area contributed by atoms with Crippen LogP contribution >= 0.6 is 12.2 Å². The molecule has 0 rings (SSSR count). The molecular weight excluding hydrogens is 154 g/mol. The molecule has 0 aliphatic carbocycles. The van der Waals surface area contributed by atoms with Crippen LogP contribution in [0.4, 0.5) is 0 Å². The average molecular weight is 173 g/mol. The Bertz CT molecular complexity index is 114. The van der Waals surface area contributed by atoms with Crippen molar-refractivity contribution in [2.75, 3.05) is 6.54 Å². The summed E-state index contributed by atoms with van der Waals surface area (Å²) >= 11 is 4.92. The highest BCUT2D eigenvalue weighted by atomic mass is 32.1. The van der Waals surface area contributed by atoms with Gasteiger partial charge in [0.1, 0.15) is 0 Å². The van der Waals surface area contributed by atoms with Crippen LogP contribution in [0.15, 0.2) is 0 Å². The van der Waals surface area contributed by atoms with E-state index >= 15 is 0 Å². The van der Waals surface area contributed by atoms with Crippen molar-refractivity contribution in [3.63, 3.8) is 0 Å². The fourth-order valence-corrected chi connectivity index (χ4v) is 1.47. The minimum absolute atomic E-state index is 0.586. The van der Waals surface area contributed by atoms with E-state index in [1.54, 1.807) is 5.49 Å². The lowest BCUT2D eigenvalue weighted by molar-refractivity contribution is 0.269. The second-order valence-electron chi connectivity index (χ2n) is 3.06. The van der Waals surface area contributed by atoms with Crippen molar-refractivity contribution in [1.82, 2.24) is 4.90 Å². The van der Waals surface area contributed by atoms with Gasteiger partial charge in [-0.2, -0.15) is 0 Å². The maximum absolute atomic E-state index is 4.92. The standard InChI is InChI=1S/C9H19NS/c1-5-8(3)9(4)10(6-2)7-11/h7-9H,5-6H2,1-4H3. The number of nitrogens with zero attached hydrogens (tertiary/aromatic N) is 1. The largest absolute Gasteiger partial charge is 0.366 e. The molecule has 0 aliphatic heterocycles. The predicted molar refractivity (Wildman–Crippen MR) is 55.0 cm³/mol. The zero-order valence-corrected chi connectivity index (χ0v) is 8.82. The average Bonchev–Trinajstić information content (AvgIpc) is 2.05. The summed E-state index contributed by atoms with van der Waals surface area (Å²) in [6.45, 7) is 9.89. The first-order chi connectivity index (χ1) is 5.17. The van der Waals surface area contributed by atoms with Crippen LogP contribution in [0.3, 0.4) is 0 Å². The molecule has 66 valence electrons. The molecule has 0 aromatic rings. The van der Waals surface area contributed by atoms with Crippen LogP contribution in [-0.4, -0.2) is 23.0 Å². The Labute approximate surface area is 75.8 Å². The molecule has 0 aliphatic rings. The van der Waals surface area contributed by atoms with Crippen LogP contribution in [0.5, 0.6) is 0 Å². The van der Waals surface area contributed by atoms with Gasteiger partial charge in [-0.15, -0.1) is 0 Å². The van der Waals surface area contributed by atoms with Crippen molar-refractivity contribution in [2.45, 2.75) is 40.2 Å². The molecule has 0 spiro atoms. The minimum atomic E-state index is 0.586. The Morgan fingerprint density at radius 3 is 2.18 bits per heavy atom. The molecule has 0 bridgehead atoms. The normalized spacial score (nSPS) is 15.6. The summed E-state index contributed by atoms with van der Waals surface area (Å²) in [7, 11) is 0. The molecule has 11 heavy (non-hydrogen) atoms. The van der Waals surface area contributed by atoms with Crippen molar-refractivity contribution in [3.8, 4) is 0 Å². The highest BCUT2D eigenvalue weighted by Crippen LogP contribution is 2.12. The maximum atomic E-state index is 4.92. The van der Waals surface area contributed by atoms with Crippen LogP contribution < -0.4 is 0 Å². The molecule has 1 nitrogen and oxygen atoms in total. The molecule has 0 aromatic carbocycles. The van der Waals surface area contributed by atoms with Crippen molar-refractivity contribution in [1.29, 1.82) is 0 Å². The summed E-state index contributed by atoms with van der Waals surface area (Å²) in [6.07, 6.45) is 1.22. The number of hydrogen-bond acceptors (Lipinski definition) is 1. The molecule has 0 saturated heterocycles. The number of hydrogen-bond donors (Lipinski definition) is 0. The Balaban J connectivity index is 3.96. The van der Waals surface area contributed by atoms with Gasteiger partial charge in [0.2, 0.25) is 0 Å². The molecule has 0 radical (unpaired) electrons. The Hall–Kier alpha value is -0.110. The van der Waals surface area contributed by atoms with Crippen LogP contribution in [0.1, 0.15) is 34.1 Å². The summed E-state index contributed by atoms with van der Waals surface area (Å²) in [5, 5.41) is 0. The van der Waals surface area contributed by atoms with Crippen LogP contribution in [0, 0.1) is 5.92 Å². The van der Waals surface area contributed by atoms with Crippen LogP contribution in [0.25, 0.3) is 0 Å². The van der Waals surface area contributed by atoms with Crippen molar-refractivity contribution in [3.05, 3.63) is 0 Å². The highest BCUT2D eigenvalue weighted by molar-refractivity contribution is 7.78.